The van der Waals surface area contributed by atoms with Gasteiger partial charge in [0, 0.05) is 10.7 Å². The van der Waals surface area contributed by atoms with Crippen molar-refractivity contribution in [3.63, 3.8) is 0 Å². The maximum Gasteiger partial charge on any atom is 0.340 e. The van der Waals surface area contributed by atoms with Gasteiger partial charge in [-0.05, 0) is 18.2 Å². The molecule has 0 aliphatic rings. The minimum Gasteiger partial charge on any atom is -0.452 e. The third-order valence-electron chi connectivity index (χ3n) is 1.96. The van der Waals surface area contributed by atoms with Crippen molar-refractivity contribution in [1.29, 1.82) is 0 Å². The smallest absolute Gasteiger partial charge is 0.340 e. The van der Waals surface area contributed by atoms with Gasteiger partial charge in [-0.3, -0.25) is 4.79 Å². The molecule has 0 unspecified atom stereocenters. The van der Waals surface area contributed by atoms with E-state index in [1.165, 1.54) is 12.1 Å². The second-order valence-corrected chi connectivity index (χ2v) is 3.72. The molecule has 0 aliphatic carbocycles. The van der Waals surface area contributed by atoms with E-state index >= 15 is 0 Å². The molecule has 0 bridgehead atoms. The number of benzene rings is 1. The van der Waals surface area contributed by atoms with Gasteiger partial charge >= 0.3 is 5.97 Å². The van der Waals surface area contributed by atoms with Crippen LogP contribution in [-0.4, -0.2) is 25.0 Å². The average molecular weight is 267 g/mol. The summed E-state index contributed by atoms with van der Waals surface area (Å²) in [5.74, 6) is 1.02. The Morgan fingerprint density at radius 2 is 2.22 bits per heavy atom. The number of nitrogen functional groups attached to an aromatic ring is 1. The van der Waals surface area contributed by atoms with Crippen molar-refractivity contribution in [1.82, 2.24) is 5.32 Å². The lowest BCUT2D eigenvalue weighted by Crippen LogP contribution is -2.29. The summed E-state index contributed by atoms with van der Waals surface area (Å²) < 4.78 is 4.76. The van der Waals surface area contributed by atoms with Crippen LogP contribution < -0.4 is 11.1 Å². The molecular weight excluding hydrogens is 256 g/mol. The van der Waals surface area contributed by atoms with Crippen molar-refractivity contribution < 1.29 is 14.3 Å². The Kier molecular flexibility index (Phi) is 5.03. The first-order valence-electron chi connectivity index (χ1n) is 4.97. The number of anilines is 1. The van der Waals surface area contributed by atoms with Gasteiger partial charge in [-0.2, -0.15) is 0 Å². The number of amides is 1. The van der Waals surface area contributed by atoms with Crippen LogP contribution in [0.15, 0.2) is 18.2 Å². The topological polar surface area (TPSA) is 81.4 Å². The molecule has 18 heavy (non-hydrogen) atoms. The molecule has 0 aliphatic heterocycles. The van der Waals surface area contributed by atoms with Crippen LogP contribution in [0, 0.1) is 12.3 Å². The van der Waals surface area contributed by atoms with Crippen molar-refractivity contribution in [2.24, 2.45) is 0 Å². The zero-order chi connectivity index (χ0) is 13.5. The Bertz CT molecular complexity index is 509. The second kappa shape index (κ2) is 6.52. The van der Waals surface area contributed by atoms with Gasteiger partial charge in [0.1, 0.15) is 0 Å². The number of ether oxygens (including phenoxy) is 1. The van der Waals surface area contributed by atoms with Crippen LogP contribution in [0.5, 0.6) is 0 Å². The number of hydrogen-bond donors (Lipinski definition) is 2. The first kappa shape index (κ1) is 13.9. The molecule has 3 N–H and O–H groups in total. The van der Waals surface area contributed by atoms with Gasteiger partial charge in [0.25, 0.3) is 5.91 Å². The van der Waals surface area contributed by atoms with E-state index in [4.69, 9.17) is 28.5 Å². The molecule has 0 saturated carbocycles. The monoisotopic (exact) mass is 266 g/mol. The summed E-state index contributed by atoms with van der Waals surface area (Å²) in [7, 11) is 0. The summed E-state index contributed by atoms with van der Waals surface area (Å²) >= 11 is 5.73. The van der Waals surface area contributed by atoms with E-state index in [2.05, 4.69) is 11.2 Å². The number of carbonyl (C=O) groups excluding carboxylic acids is 2. The van der Waals surface area contributed by atoms with Crippen molar-refractivity contribution in [3.8, 4) is 12.3 Å². The number of esters is 1. The molecule has 1 aromatic rings. The molecule has 0 heterocycles. The Labute approximate surface area is 109 Å². The van der Waals surface area contributed by atoms with Crippen LogP contribution in [0.4, 0.5) is 5.69 Å². The highest BCUT2D eigenvalue weighted by molar-refractivity contribution is 6.31. The van der Waals surface area contributed by atoms with Gasteiger partial charge in [-0.1, -0.05) is 17.5 Å². The number of nitrogens with two attached hydrogens (primary N) is 1. The van der Waals surface area contributed by atoms with Gasteiger partial charge < -0.3 is 15.8 Å². The van der Waals surface area contributed by atoms with E-state index in [-0.39, 0.29) is 17.8 Å². The van der Waals surface area contributed by atoms with Crippen molar-refractivity contribution in [2.45, 2.75) is 0 Å². The van der Waals surface area contributed by atoms with Crippen LogP contribution in [0.1, 0.15) is 10.4 Å². The molecule has 0 saturated heterocycles. The van der Waals surface area contributed by atoms with Gasteiger partial charge in [-0.25, -0.2) is 4.79 Å². The molecule has 1 aromatic carbocycles. The van der Waals surface area contributed by atoms with Crippen LogP contribution in [0.2, 0.25) is 5.02 Å². The fraction of sp³-hybridized carbons (Fsp3) is 0.167. The highest BCUT2D eigenvalue weighted by Crippen LogP contribution is 2.18. The lowest BCUT2D eigenvalue weighted by Gasteiger charge is -2.07. The van der Waals surface area contributed by atoms with Crippen molar-refractivity contribution >= 4 is 29.2 Å². The molecular formula is C12H11ClN2O3. The third-order valence-corrected chi connectivity index (χ3v) is 2.19. The summed E-state index contributed by atoms with van der Waals surface area (Å²) in [6.45, 7) is -0.345. The van der Waals surface area contributed by atoms with Gasteiger partial charge in [-0.15, -0.1) is 6.42 Å². The molecule has 0 aromatic heterocycles. The lowest BCUT2D eigenvalue weighted by atomic mass is 10.2. The quantitative estimate of drug-likeness (QED) is 0.480. The lowest BCUT2D eigenvalue weighted by molar-refractivity contribution is -0.123. The molecule has 6 heteroatoms. The van der Waals surface area contributed by atoms with E-state index in [0.29, 0.717) is 5.02 Å². The Balaban J connectivity index is 2.58. The van der Waals surface area contributed by atoms with Gasteiger partial charge in [0.05, 0.1) is 12.1 Å². The predicted octanol–water partition coefficient (Wildman–Crippen LogP) is 0.828. The first-order chi connectivity index (χ1) is 8.54. The molecule has 0 spiro atoms. The van der Waals surface area contributed by atoms with Crippen molar-refractivity contribution in [2.75, 3.05) is 18.9 Å². The fourth-order valence-corrected chi connectivity index (χ4v) is 1.29. The Hall–Kier alpha value is -2.19. The standard InChI is InChI=1S/C12H11ClN2O3/c1-2-5-15-11(16)7-18-12(17)9-6-8(13)3-4-10(9)14/h1,3-4,6H,5,7,14H2,(H,15,16). The first-order valence-corrected chi connectivity index (χ1v) is 5.34. The fourth-order valence-electron chi connectivity index (χ4n) is 1.11. The summed E-state index contributed by atoms with van der Waals surface area (Å²) in [6, 6.07) is 4.41. The highest BCUT2D eigenvalue weighted by atomic mass is 35.5. The maximum absolute atomic E-state index is 11.6. The number of terminal acetylenes is 1. The maximum atomic E-state index is 11.6. The number of hydrogen-bond acceptors (Lipinski definition) is 4. The van der Waals surface area contributed by atoms with E-state index in [0.717, 1.165) is 0 Å². The highest BCUT2D eigenvalue weighted by Gasteiger charge is 2.13. The summed E-state index contributed by atoms with van der Waals surface area (Å²) in [5.41, 5.74) is 5.94. The van der Waals surface area contributed by atoms with E-state index in [9.17, 15) is 9.59 Å². The average Bonchev–Trinajstić information content (AvgIpc) is 2.36. The van der Waals surface area contributed by atoms with Gasteiger partial charge in [0.2, 0.25) is 0 Å². The third kappa shape index (κ3) is 4.00. The zero-order valence-electron chi connectivity index (χ0n) is 9.40. The van der Waals surface area contributed by atoms with Gasteiger partial charge in [0.15, 0.2) is 6.61 Å². The van der Waals surface area contributed by atoms with E-state index in [1.807, 2.05) is 0 Å². The number of rotatable bonds is 4. The molecule has 5 nitrogen and oxygen atoms in total. The Morgan fingerprint density at radius 1 is 1.50 bits per heavy atom. The SMILES string of the molecule is C#CCNC(=O)COC(=O)c1cc(Cl)ccc1N. The zero-order valence-corrected chi connectivity index (χ0v) is 10.2. The predicted molar refractivity (Wildman–Crippen MR) is 68.0 cm³/mol. The van der Waals surface area contributed by atoms with Crippen molar-refractivity contribution in [3.05, 3.63) is 28.8 Å². The minimum atomic E-state index is -0.717. The largest absolute Gasteiger partial charge is 0.452 e. The molecule has 0 fully saturated rings. The molecule has 0 atom stereocenters. The number of halogens is 1. The minimum absolute atomic E-state index is 0.0791. The normalized spacial score (nSPS) is 9.33. The van der Waals surface area contributed by atoms with E-state index in [1.54, 1.807) is 6.07 Å². The van der Waals surface area contributed by atoms with E-state index < -0.39 is 18.5 Å². The molecule has 1 rings (SSSR count). The summed E-state index contributed by atoms with van der Waals surface area (Å²) in [4.78, 5) is 22.8. The summed E-state index contributed by atoms with van der Waals surface area (Å²) in [5, 5.41) is 2.71. The van der Waals surface area contributed by atoms with Crippen LogP contribution in [0.3, 0.4) is 0 Å². The Morgan fingerprint density at radius 3 is 2.89 bits per heavy atom. The van der Waals surface area contributed by atoms with Crippen LogP contribution in [-0.2, 0) is 9.53 Å². The molecule has 94 valence electrons. The van der Waals surface area contributed by atoms with Crippen LogP contribution >= 0.6 is 11.6 Å². The summed E-state index contributed by atoms with van der Waals surface area (Å²) in [6.07, 6.45) is 4.96. The number of nitrogens with one attached hydrogen (secondary N) is 1. The molecule has 0 radical (unpaired) electrons. The second-order valence-electron chi connectivity index (χ2n) is 3.29. The number of carbonyl (C=O) groups is 2. The van der Waals surface area contributed by atoms with Crippen LogP contribution in [0.25, 0.3) is 0 Å². The molecule has 1 amide bonds.